The Bertz CT molecular complexity index is 1040. The first-order valence-corrected chi connectivity index (χ1v) is 6.91. The summed E-state index contributed by atoms with van der Waals surface area (Å²) in [5.74, 6) is -1.03. The number of phenolic OH excluding ortho intramolecular Hbond substituents is 1. The fraction of sp³-hybridized carbons (Fsp3) is 0.133. The van der Waals surface area contributed by atoms with Crippen LogP contribution in [0.4, 0.5) is 5.69 Å². The van der Waals surface area contributed by atoms with Crippen LogP contribution in [0.2, 0.25) is 0 Å². The molecule has 0 bridgehead atoms. The van der Waals surface area contributed by atoms with E-state index in [-0.39, 0.29) is 17.9 Å². The van der Waals surface area contributed by atoms with Crippen molar-refractivity contribution in [2.75, 3.05) is 0 Å². The second-order valence-corrected chi connectivity index (χ2v) is 5.29. The number of hydrogen-bond donors (Lipinski definition) is 1. The van der Waals surface area contributed by atoms with Crippen molar-refractivity contribution >= 4 is 22.8 Å². The van der Waals surface area contributed by atoms with Crippen LogP contribution in [0.25, 0.3) is 22.2 Å². The Hall–Kier alpha value is -3.49. The lowest BCUT2D eigenvalue weighted by Crippen LogP contribution is -2.00. The third kappa shape index (κ3) is 1.84. The number of fused-ring (bicyclic) bond motifs is 2. The SMILES string of the molecule is Cc1noc2nc3c(c(-c4ccc(O)c([N+](=O)[O-])c4)c12)C(=O)OC3. The van der Waals surface area contributed by atoms with E-state index in [9.17, 15) is 20.0 Å². The summed E-state index contributed by atoms with van der Waals surface area (Å²) in [5, 5.41) is 25.1. The van der Waals surface area contributed by atoms with Gasteiger partial charge in [-0.05, 0) is 18.6 Å². The molecular weight excluding hydrogens is 318 g/mol. The summed E-state index contributed by atoms with van der Waals surface area (Å²) in [6.45, 7) is 1.68. The van der Waals surface area contributed by atoms with E-state index in [1.807, 2.05) is 0 Å². The molecule has 0 aliphatic carbocycles. The lowest BCUT2D eigenvalue weighted by Gasteiger charge is -2.08. The number of carbonyl (C=O) groups is 1. The molecule has 1 aromatic carbocycles. The Morgan fingerprint density at radius 3 is 2.88 bits per heavy atom. The van der Waals surface area contributed by atoms with Crippen molar-refractivity contribution in [1.29, 1.82) is 0 Å². The van der Waals surface area contributed by atoms with Gasteiger partial charge in [0, 0.05) is 11.6 Å². The first-order chi connectivity index (χ1) is 11.5. The summed E-state index contributed by atoms with van der Waals surface area (Å²) < 4.78 is 10.2. The van der Waals surface area contributed by atoms with Crippen LogP contribution in [0.3, 0.4) is 0 Å². The summed E-state index contributed by atoms with van der Waals surface area (Å²) in [6.07, 6.45) is 0. The molecule has 0 unspecified atom stereocenters. The van der Waals surface area contributed by atoms with Gasteiger partial charge in [-0.2, -0.15) is 0 Å². The van der Waals surface area contributed by atoms with Crippen LogP contribution in [0.5, 0.6) is 5.75 Å². The van der Waals surface area contributed by atoms with Gasteiger partial charge in [-0.15, -0.1) is 0 Å². The van der Waals surface area contributed by atoms with Crippen LogP contribution in [0, 0.1) is 17.0 Å². The monoisotopic (exact) mass is 327 g/mol. The largest absolute Gasteiger partial charge is 0.502 e. The average Bonchev–Trinajstić information content (AvgIpc) is 3.10. The number of aryl methyl sites for hydroxylation is 1. The number of aromatic hydroxyl groups is 1. The van der Waals surface area contributed by atoms with Crippen LogP contribution in [-0.4, -0.2) is 26.1 Å². The van der Waals surface area contributed by atoms with E-state index in [4.69, 9.17) is 9.26 Å². The van der Waals surface area contributed by atoms with Crippen molar-refractivity contribution in [3.05, 3.63) is 45.3 Å². The van der Waals surface area contributed by atoms with Crippen LogP contribution in [-0.2, 0) is 11.3 Å². The number of rotatable bonds is 2. The van der Waals surface area contributed by atoms with Crippen molar-refractivity contribution in [2.24, 2.45) is 0 Å². The zero-order valence-electron chi connectivity index (χ0n) is 12.3. The first-order valence-electron chi connectivity index (χ1n) is 6.91. The number of carbonyl (C=O) groups excluding carboxylic acids is 1. The van der Waals surface area contributed by atoms with Gasteiger partial charge in [0.25, 0.3) is 5.71 Å². The van der Waals surface area contributed by atoms with Gasteiger partial charge >= 0.3 is 11.7 Å². The van der Waals surface area contributed by atoms with Gasteiger partial charge in [-0.3, -0.25) is 10.1 Å². The van der Waals surface area contributed by atoms with Gasteiger partial charge in [0.1, 0.15) is 6.61 Å². The Morgan fingerprint density at radius 2 is 2.12 bits per heavy atom. The van der Waals surface area contributed by atoms with Crippen molar-refractivity contribution in [3.8, 4) is 16.9 Å². The lowest BCUT2D eigenvalue weighted by molar-refractivity contribution is -0.385. The standard InChI is InChI=1S/C15H9N3O6/c1-6-11-12(7-2-3-10(19)9(4-7)18(21)22)13-8(5-23-15(13)20)16-14(11)24-17-6/h2-4,19H,5H2,1H3. The number of benzene rings is 1. The molecule has 3 heterocycles. The smallest absolute Gasteiger partial charge is 0.341 e. The van der Waals surface area contributed by atoms with Gasteiger partial charge in [-0.25, -0.2) is 9.78 Å². The number of esters is 1. The fourth-order valence-corrected chi connectivity index (χ4v) is 2.81. The normalized spacial score (nSPS) is 13.1. The summed E-state index contributed by atoms with van der Waals surface area (Å²) in [5.41, 5.74) is 1.63. The summed E-state index contributed by atoms with van der Waals surface area (Å²) in [7, 11) is 0. The molecule has 0 radical (unpaired) electrons. The molecule has 1 N–H and O–H groups in total. The van der Waals surface area contributed by atoms with Gasteiger partial charge in [0.15, 0.2) is 5.75 Å². The predicted octanol–water partition coefficient (Wildman–Crippen LogP) is 2.48. The highest BCUT2D eigenvalue weighted by atomic mass is 16.6. The molecule has 0 amide bonds. The fourth-order valence-electron chi connectivity index (χ4n) is 2.81. The molecule has 4 rings (SSSR count). The molecule has 9 heteroatoms. The lowest BCUT2D eigenvalue weighted by atomic mass is 9.95. The highest BCUT2D eigenvalue weighted by molar-refractivity contribution is 6.08. The highest BCUT2D eigenvalue weighted by Crippen LogP contribution is 2.40. The van der Waals surface area contributed by atoms with Gasteiger partial charge in [-0.1, -0.05) is 11.2 Å². The average molecular weight is 327 g/mol. The molecule has 24 heavy (non-hydrogen) atoms. The van der Waals surface area contributed by atoms with Crippen molar-refractivity contribution in [2.45, 2.75) is 13.5 Å². The minimum Gasteiger partial charge on any atom is -0.502 e. The van der Waals surface area contributed by atoms with Crippen LogP contribution < -0.4 is 0 Å². The summed E-state index contributed by atoms with van der Waals surface area (Å²) in [4.78, 5) is 26.8. The highest BCUT2D eigenvalue weighted by Gasteiger charge is 2.32. The zero-order chi connectivity index (χ0) is 17.0. The van der Waals surface area contributed by atoms with E-state index in [0.29, 0.717) is 27.9 Å². The molecule has 0 spiro atoms. The molecule has 0 fully saturated rings. The molecule has 0 saturated heterocycles. The van der Waals surface area contributed by atoms with E-state index in [1.165, 1.54) is 18.2 Å². The number of nitro benzene ring substituents is 1. The third-order valence-corrected chi connectivity index (χ3v) is 3.87. The van der Waals surface area contributed by atoms with Crippen LogP contribution in [0.15, 0.2) is 22.7 Å². The maximum Gasteiger partial charge on any atom is 0.341 e. The van der Waals surface area contributed by atoms with Crippen LogP contribution >= 0.6 is 0 Å². The zero-order valence-corrected chi connectivity index (χ0v) is 12.3. The Labute approximate surface area is 133 Å². The second-order valence-electron chi connectivity index (χ2n) is 5.29. The number of ether oxygens (including phenoxy) is 1. The number of nitrogens with zero attached hydrogens (tertiary/aromatic N) is 3. The van der Waals surface area contributed by atoms with Crippen molar-refractivity contribution in [3.63, 3.8) is 0 Å². The van der Waals surface area contributed by atoms with E-state index in [2.05, 4.69) is 10.1 Å². The van der Waals surface area contributed by atoms with Crippen molar-refractivity contribution in [1.82, 2.24) is 10.1 Å². The molecule has 0 saturated carbocycles. The number of pyridine rings is 1. The number of phenols is 1. The molecule has 0 atom stereocenters. The molecule has 120 valence electrons. The predicted molar refractivity (Wildman–Crippen MR) is 79.4 cm³/mol. The Balaban J connectivity index is 2.12. The molecule has 1 aliphatic heterocycles. The maximum absolute atomic E-state index is 12.1. The molecule has 9 nitrogen and oxygen atoms in total. The first kappa shape index (κ1) is 14.1. The van der Waals surface area contributed by atoms with Crippen LogP contribution in [0.1, 0.15) is 21.7 Å². The number of aromatic nitrogens is 2. The number of nitro groups is 1. The minimum absolute atomic E-state index is 0.00295. The molecule has 2 aromatic heterocycles. The summed E-state index contributed by atoms with van der Waals surface area (Å²) in [6, 6.07) is 3.88. The molecule has 3 aromatic rings. The van der Waals surface area contributed by atoms with E-state index >= 15 is 0 Å². The Kier molecular flexibility index (Phi) is 2.80. The third-order valence-electron chi connectivity index (χ3n) is 3.87. The number of hydrogen-bond acceptors (Lipinski definition) is 8. The van der Waals surface area contributed by atoms with Gasteiger partial charge < -0.3 is 14.4 Å². The van der Waals surface area contributed by atoms with Gasteiger partial charge in [0.2, 0.25) is 0 Å². The van der Waals surface area contributed by atoms with Gasteiger partial charge in [0.05, 0.1) is 27.3 Å². The van der Waals surface area contributed by atoms with E-state index < -0.39 is 22.3 Å². The van der Waals surface area contributed by atoms with Crippen molar-refractivity contribution < 1.29 is 24.1 Å². The molecule has 1 aliphatic rings. The van der Waals surface area contributed by atoms with E-state index in [0.717, 1.165) is 0 Å². The molecular formula is C15H9N3O6. The quantitative estimate of drug-likeness (QED) is 0.432. The van der Waals surface area contributed by atoms with E-state index in [1.54, 1.807) is 6.92 Å². The second kappa shape index (κ2) is 4.75. The number of cyclic esters (lactones) is 1. The topological polar surface area (TPSA) is 129 Å². The Morgan fingerprint density at radius 1 is 1.33 bits per heavy atom. The maximum atomic E-state index is 12.1. The minimum atomic E-state index is -0.698. The summed E-state index contributed by atoms with van der Waals surface area (Å²) >= 11 is 0.